The standard InChI is InChI=1S/C13H17BrN4/c1-3-7-15-13(11-6-9-18(2)17-11)12-10(14)5-4-8-16-12/h4-6,8-9,13,15H,3,7H2,1-2H3. The average molecular weight is 309 g/mol. The summed E-state index contributed by atoms with van der Waals surface area (Å²) in [6, 6.07) is 5.98. The number of rotatable bonds is 5. The van der Waals surface area contributed by atoms with Crippen LogP contribution in [0, 0.1) is 0 Å². The summed E-state index contributed by atoms with van der Waals surface area (Å²) in [7, 11) is 1.92. The highest BCUT2D eigenvalue weighted by molar-refractivity contribution is 9.10. The molecule has 1 unspecified atom stereocenters. The lowest BCUT2D eigenvalue weighted by Crippen LogP contribution is -2.25. The molecule has 0 radical (unpaired) electrons. The van der Waals surface area contributed by atoms with Gasteiger partial charge < -0.3 is 5.32 Å². The molecular formula is C13H17BrN4. The fourth-order valence-corrected chi connectivity index (χ4v) is 2.31. The Hall–Kier alpha value is -1.20. The predicted molar refractivity (Wildman–Crippen MR) is 75.3 cm³/mol. The van der Waals surface area contributed by atoms with Crippen molar-refractivity contribution in [2.24, 2.45) is 7.05 Å². The highest BCUT2D eigenvalue weighted by atomic mass is 79.9. The summed E-state index contributed by atoms with van der Waals surface area (Å²) < 4.78 is 2.82. The van der Waals surface area contributed by atoms with E-state index in [9.17, 15) is 0 Å². The molecule has 0 aromatic carbocycles. The fraction of sp³-hybridized carbons (Fsp3) is 0.385. The minimum atomic E-state index is 0.0294. The maximum atomic E-state index is 4.47. The number of hydrogen-bond donors (Lipinski definition) is 1. The lowest BCUT2D eigenvalue weighted by molar-refractivity contribution is 0.563. The van der Waals surface area contributed by atoms with Gasteiger partial charge in [0.25, 0.3) is 0 Å². The SMILES string of the molecule is CCCNC(c1ccn(C)n1)c1ncccc1Br. The molecule has 0 amide bonds. The molecule has 1 atom stereocenters. The molecule has 2 rings (SSSR count). The smallest absolute Gasteiger partial charge is 0.0955 e. The topological polar surface area (TPSA) is 42.7 Å². The van der Waals surface area contributed by atoms with Crippen LogP contribution in [0.1, 0.15) is 30.8 Å². The van der Waals surface area contributed by atoms with E-state index in [0.717, 1.165) is 28.8 Å². The summed E-state index contributed by atoms with van der Waals surface area (Å²) in [4.78, 5) is 4.46. The van der Waals surface area contributed by atoms with Gasteiger partial charge in [-0.05, 0) is 47.1 Å². The predicted octanol–water partition coefficient (Wildman–Crippen LogP) is 2.67. The zero-order valence-electron chi connectivity index (χ0n) is 10.6. The van der Waals surface area contributed by atoms with Crippen molar-refractivity contribution < 1.29 is 0 Å². The number of pyridine rings is 1. The zero-order chi connectivity index (χ0) is 13.0. The van der Waals surface area contributed by atoms with Gasteiger partial charge >= 0.3 is 0 Å². The Balaban J connectivity index is 2.33. The van der Waals surface area contributed by atoms with E-state index in [4.69, 9.17) is 0 Å². The van der Waals surface area contributed by atoms with Gasteiger partial charge in [0.15, 0.2) is 0 Å². The van der Waals surface area contributed by atoms with Gasteiger partial charge in [-0.25, -0.2) is 0 Å². The number of hydrogen-bond acceptors (Lipinski definition) is 3. The number of nitrogens with one attached hydrogen (secondary N) is 1. The van der Waals surface area contributed by atoms with Gasteiger partial charge in [0.2, 0.25) is 0 Å². The van der Waals surface area contributed by atoms with Crippen LogP contribution in [0.5, 0.6) is 0 Å². The quantitative estimate of drug-likeness (QED) is 0.923. The molecule has 0 fully saturated rings. The second-order valence-corrected chi connectivity index (χ2v) is 5.03. The first-order valence-electron chi connectivity index (χ1n) is 6.05. The van der Waals surface area contributed by atoms with Crippen molar-refractivity contribution in [3.05, 3.63) is 46.5 Å². The van der Waals surface area contributed by atoms with Gasteiger partial charge in [-0.1, -0.05) is 6.92 Å². The van der Waals surface area contributed by atoms with E-state index >= 15 is 0 Å². The van der Waals surface area contributed by atoms with E-state index in [-0.39, 0.29) is 6.04 Å². The maximum Gasteiger partial charge on any atom is 0.0955 e. The first-order valence-corrected chi connectivity index (χ1v) is 6.85. The van der Waals surface area contributed by atoms with Crippen molar-refractivity contribution in [3.63, 3.8) is 0 Å². The summed E-state index contributed by atoms with van der Waals surface area (Å²) in [5.74, 6) is 0. The molecule has 4 nitrogen and oxygen atoms in total. The van der Waals surface area contributed by atoms with Gasteiger partial charge in [0.05, 0.1) is 17.4 Å². The van der Waals surface area contributed by atoms with Crippen LogP contribution < -0.4 is 5.32 Å². The molecule has 0 bridgehead atoms. The van der Waals surface area contributed by atoms with E-state index in [1.54, 1.807) is 0 Å². The second kappa shape index (κ2) is 6.11. The van der Waals surface area contributed by atoms with Crippen LogP contribution in [0.25, 0.3) is 0 Å². The van der Waals surface area contributed by atoms with Crippen molar-refractivity contribution in [3.8, 4) is 0 Å². The van der Waals surface area contributed by atoms with Gasteiger partial charge in [0.1, 0.15) is 0 Å². The van der Waals surface area contributed by atoms with Crippen LogP contribution in [0.15, 0.2) is 35.1 Å². The molecule has 0 aliphatic heterocycles. The Morgan fingerprint density at radius 1 is 1.44 bits per heavy atom. The Morgan fingerprint density at radius 2 is 2.28 bits per heavy atom. The molecule has 18 heavy (non-hydrogen) atoms. The molecule has 96 valence electrons. The van der Waals surface area contributed by atoms with Crippen molar-refractivity contribution in [1.82, 2.24) is 20.1 Å². The van der Waals surface area contributed by atoms with Gasteiger partial charge in [-0.2, -0.15) is 5.10 Å². The van der Waals surface area contributed by atoms with Crippen molar-refractivity contribution in [2.45, 2.75) is 19.4 Å². The second-order valence-electron chi connectivity index (χ2n) is 4.17. The third-order valence-electron chi connectivity index (χ3n) is 2.69. The van der Waals surface area contributed by atoms with Crippen LogP contribution >= 0.6 is 15.9 Å². The Labute approximate surface area is 116 Å². The van der Waals surface area contributed by atoms with Crippen molar-refractivity contribution in [1.29, 1.82) is 0 Å². The highest BCUT2D eigenvalue weighted by Crippen LogP contribution is 2.25. The third-order valence-corrected chi connectivity index (χ3v) is 3.36. The third kappa shape index (κ3) is 2.97. The largest absolute Gasteiger partial charge is 0.304 e. The first-order chi connectivity index (χ1) is 8.72. The van der Waals surface area contributed by atoms with Crippen molar-refractivity contribution >= 4 is 15.9 Å². The Bertz CT molecular complexity index is 509. The maximum absolute atomic E-state index is 4.47. The summed E-state index contributed by atoms with van der Waals surface area (Å²) in [5, 5.41) is 7.96. The number of aryl methyl sites for hydroxylation is 1. The van der Waals surface area contributed by atoms with Gasteiger partial charge in [0, 0.05) is 23.9 Å². The Morgan fingerprint density at radius 3 is 2.89 bits per heavy atom. The molecule has 2 aromatic rings. The van der Waals surface area contributed by atoms with Crippen LogP contribution in [0.3, 0.4) is 0 Å². The number of halogens is 1. The summed E-state index contributed by atoms with van der Waals surface area (Å²) in [6.45, 7) is 3.08. The van der Waals surface area contributed by atoms with E-state index < -0.39 is 0 Å². The van der Waals surface area contributed by atoms with E-state index in [2.05, 4.69) is 38.3 Å². The molecule has 2 aromatic heterocycles. The molecular weight excluding hydrogens is 292 g/mol. The van der Waals surface area contributed by atoms with Crippen LogP contribution in [0.4, 0.5) is 0 Å². The summed E-state index contributed by atoms with van der Waals surface area (Å²) in [5.41, 5.74) is 1.97. The highest BCUT2D eigenvalue weighted by Gasteiger charge is 2.19. The lowest BCUT2D eigenvalue weighted by Gasteiger charge is -2.17. The van der Waals surface area contributed by atoms with Crippen molar-refractivity contribution in [2.75, 3.05) is 6.54 Å². The van der Waals surface area contributed by atoms with Gasteiger partial charge in [-0.3, -0.25) is 9.67 Å². The average Bonchev–Trinajstić information content (AvgIpc) is 2.78. The lowest BCUT2D eigenvalue weighted by atomic mass is 10.1. The Kier molecular flexibility index (Phi) is 4.49. The molecule has 2 heterocycles. The molecule has 0 spiro atoms. The molecule has 5 heteroatoms. The molecule has 0 saturated heterocycles. The fourth-order valence-electron chi connectivity index (χ4n) is 1.83. The monoisotopic (exact) mass is 308 g/mol. The summed E-state index contributed by atoms with van der Waals surface area (Å²) in [6.07, 6.45) is 4.84. The van der Waals surface area contributed by atoms with E-state index in [1.165, 1.54) is 0 Å². The van der Waals surface area contributed by atoms with E-state index in [1.807, 2.05) is 42.3 Å². The first kappa shape index (κ1) is 13.2. The molecule has 0 saturated carbocycles. The van der Waals surface area contributed by atoms with Crippen LogP contribution in [-0.2, 0) is 7.05 Å². The number of aromatic nitrogens is 3. The van der Waals surface area contributed by atoms with Crippen LogP contribution in [0.2, 0.25) is 0 Å². The normalized spacial score (nSPS) is 12.6. The molecule has 0 aliphatic rings. The van der Waals surface area contributed by atoms with Crippen LogP contribution in [-0.4, -0.2) is 21.3 Å². The zero-order valence-corrected chi connectivity index (χ0v) is 12.2. The summed E-state index contributed by atoms with van der Waals surface area (Å²) >= 11 is 3.56. The molecule has 0 aliphatic carbocycles. The molecule has 1 N–H and O–H groups in total. The minimum Gasteiger partial charge on any atom is -0.304 e. The van der Waals surface area contributed by atoms with E-state index in [0.29, 0.717) is 0 Å². The van der Waals surface area contributed by atoms with Gasteiger partial charge in [-0.15, -0.1) is 0 Å². The minimum absolute atomic E-state index is 0.0294. The number of nitrogens with zero attached hydrogens (tertiary/aromatic N) is 3.